The number of hydrogen-bond donors (Lipinski definition) is 1. The molecular formula is C16H17Br2NO. The molecule has 0 bridgehead atoms. The van der Waals surface area contributed by atoms with Crippen LogP contribution in [0.2, 0.25) is 0 Å². The number of alkyl halides is 1. The molecule has 0 aliphatic carbocycles. The lowest BCUT2D eigenvalue weighted by atomic mass is 10.1. The van der Waals surface area contributed by atoms with Gasteiger partial charge in [-0.05, 0) is 41.5 Å². The molecular weight excluding hydrogens is 382 g/mol. The normalized spacial score (nSPS) is 12.3. The topological polar surface area (TPSA) is 29.1 Å². The van der Waals surface area contributed by atoms with Crippen molar-refractivity contribution in [3.05, 3.63) is 46.4 Å². The van der Waals surface area contributed by atoms with E-state index in [1.54, 1.807) is 0 Å². The molecule has 2 nitrogen and oxygen atoms in total. The fourth-order valence-corrected chi connectivity index (χ4v) is 3.08. The highest BCUT2D eigenvalue weighted by Gasteiger charge is 2.09. The van der Waals surface area contributed by atoms with E-state index in [0.29, 0.717) is 16.9 Å². The fourth-order valence-electron chi connectivity index (χ4n) is 2.08. The van der Waals surface area contributed by atoms with Crippen LogP contribution in [0.25, 0.3) is 10.8 Å². The quantitative estimate of drug-likeness (QED) is 0.713. The first-order valence-electron chi connectivity index (χ1n) is 6.71. The van der Waals surface area contributed by atoms with Crippen LogP contribution in [-0.4, -0.2) is 17.3 Å². The van der Waals surface area contributed by atoms with Gasteiger partial charge in [-0.2, -0.15) is 0 Å². The molecule has 1 atom stereocenters. The van der Waals surface area contributed by atoms with Crippen molar-refractivity contribution in [2.45, 2.75) is 24.6 Å². The summed E-state index contributed by atoms with van der Waals surface area (Å²) in [5.41, 5.74) is 0.705. The van der Waals surface area contributed by atoms with E-state index in [-0.39, 0.29) is 5.91 Å². The average Bonchev–Trinajstić information content (AvgIpc) is 2.44. The van der Waals surface area contributed by atoms with E-state index < -0.39 is 0 Å². The summed E-state index contributed by atoms with van der Waals surface area (Å²) in [4.78, 5) is 12.5. The van der Waals surface area contributed by atoms with E-state index in [1.165, 1.54) is 0 Å². The van der Waals surface area contributed by atoms with Gasteiger partial charge in [0, 0.05) is 21.4 Å². The summed E-state index contributed by atoms with van der Waals surface area (Å²) in [6.45, 7) is 2.79. The molecule has 20 heavy (non-hydrogen) atoms. The molecule has 0 heterocycles. The number of fused-ring (bicyclic) bond motifs is 1. The third-order valence-electron chi connectivity index (χ3n) is 3.15. The molecule has 0 spiro atoms. The minimum Gasteiger partial charge on any atom is -0.351 e. The summed E-state index contributed by atoms with van der Waals surface area (Å²) in [6, 6.07) is 11.8. The first-order chi connectivity index (χ1) is 9.60. The van der Waals surface area contributed by atoms with Crippen molar-refractivity contribution >= 4 is 48.5 Å². The van der Waals surface area contributed by atoms with Gasteiger partial charge in [0.2, 0.25) is 0 Å². The van der Waals surface area contributed by atoms with Gasteiger partial charge in [0.25, 0.3) is 5.91 Å². The van der Waals surface area contributed by atoms with Gasteiger partial charge in [0.15, 0.2) is 0 Å². The number of nitrogens with one attached hydrogen (secondary N) is 1. The van der Waals surface area contributed by atoms with Crippen molar-refractivity contribution < 1.29 is 4.79 Å². The molecule has 0 aromatic heterocycles. The zero-order valence-corrected chi connectivity index (χ0v) is 14.5. The van der Waals surface area contributed by atoms with E-state index in [0.717, 1.165) is 28.1 Å². The second-order valence-corrected chi connectivity index (χ2v) is 7.01. The van der Waals surface area contributed by atoms with Crippen LogP contribution < -0.4 is 5.32 Å². The first-order valence-corrected chi connectivity index (χ1v) is 8.42. The smallest absolute Gasteiger partial charge is 0.251 e. The maximum atomic E-state index is 12.1. The molecule has 1 amide bonds. The summed E-state index contributed by atoms with van der Waals surface area (Å²) in [5, 5.41) is 5.16. The van der Waals surface area contributed by atoms with E-state index in [4.69, 9.17) is 0 Å². The Morgan fingerprint density at radius 3 is 2.65 bits per heavy atom. The van der Waals surface area contributed by atoms with E-state index >= 15 is 0 Å². The Kier molecular flexibility index (Phi) is 5.61. The molecule has 2 aromatic rings. The molecule has 0 aliphatic heterocycles. The van der Waals surface area contributed by atoms with Crippen molar-refractivity contribution in [3.8, 4) is 0 Å². The van der Waals surface area contributed by atoms with Gasteiger partial charge in [0.1, 0.15) is 0 Å². The SMILES string of the molecule is CCCC(Br)CNC(=O)c1ccc2cc(Br)ccc2c1. The molecule has 0 saturated heterocycles. The summed E-state index contributed by atoms with van der Waals surface area (Å²) in [5.74, 6) is -0.0182. The van der Waals surface area contributed by atoms with E-state index in [2.05, 4.69) is 44.1 Å². The average molecular weight is 399 g/mol. The lowest BCUT2D eigenvalue weighted by Gasteiger charge is -2.10. The molecule has 1 N–H and O–H groups in total. The number of carbonyl (C=O) groups is 1. The minimum absolute atomic E-state index is 0.0182. The zero-order valence-electron chi connectivity index (χ0n) is 11.3. The van der Waals surface area contributed by atoms with Gasteiger partial charge >= 0.3 is 0 Å². The Labute approximate surface area is 136 Å². The van der Waals surface area contributed by atoms with Crippen molar-refractivity contribution in [2.24, 2.45) is 0 Å². The number of halogens is 2. The monoisotopic (exact) mass is 397 g/mol. The van der Waals surface area contributed by atoms with Gasteiger partial charge in [-0.3, -0.25) is 4.79 Å². The van der Waals surface area contributed by atoms with Crippen molar-refractivity contribution in [1.82, 2.24) is 5.32 Å². The highest BCUT2D eigenvalue weighted by atomic mass is 79.9. The molecule has 0 radical (unpaired) electrons. The van der Waals surface area contributed by atoms with Crippen LogP contribution in [0.15, 0.2) is 40.9 Å². The Morgan fingerprint density at radius 2 is 1.90 bits per heavy atom. The predicted molar refractivity (Wildman–Crippen MR) is 91.6 cm³/mol. The predicted octanol–water partition coefficient (Wildman–Crippen LogP) is 4.90. The van der Waals surface area contributed by atoms with Crippen molar-refractivity contribution in [2.75, 3.05) is 6.54 Å². The maximum absolute atomic E-state index is 12.1. The van der Waals surface area contributed by atoms with Crippen LogP contribution in [0.3, 0.4) is 0 Å². The number of hydrogen-bond acceptors (Lipinski definition) is 1. The molecule has 4 heteroatoms. The summed E-state index contributed by atoms with van der Waals surface area (Å²) < 4.78 is 1.05. The third-order valence-corrected chi connectivity index (χ3v) is 4.43. The van der Waals surface area contributed by atoms with Crippen molar-refractivity contribution in [1.29, 1.82) is 0 Å². The maximum Gasteiger partial charge on any atom is 0.251 e. The minimum atomic E-state index is -0.0182. The second kappa shape index (κ2) is 7.23. The van der Waals surface area contributed by atoms with Crippen LogP contribution in [0.1, 0.15) is 30.1 Å². The molecule has 2 rings (SSSR count). The Morgan fingerprint density at radius 1 is 1.20 bits per heavy atom. The fraction of sp³-hybridized carbons (Fsp3) is 0.312. The number of rotatable bonds is 5. The Bertz CT molecular complexity index is 612. The first kappa shape index (κ1) is 15.5. The third kappa shape index (κ3) is 4.06. The van der Waals surface area contributed by atoms with Gasteiger partial charge in [0.05, 0.1) is 0 Å². The van der Waals surface area contributed by atoms with Crippen LogP contribution in [0.4, 0.5) is 0 Å². The Hall–Kier alpha value is -0.870. The van der Waals surface area contributed by atoms with Crippen molar-refractivity contribution in [3.63, 3.8) is 0 Å². The summed E-state index contributed by atoms with van der Waals surface area (Å²) in [7, 11) is 0. The van der Waals surface area contributed by atoms with Gasteiger partial charge in [-0.25, -0.2) is 0 Å². The van der Waals surface area contributed by atoms with Gasteiger partial charge in [-0.1, -0.05) is 57.3 Å². The van der Waals surface area contributed by atoms with Gasteiger partial charge in [-0.15, -0.1) is 0 Å². The summed E-state index contributed by atoms with van der Waals surface area (Å²) >= 11 is 7.02. The lowest BCUT2D eigenvalue weighted by Crippen LogP contribution is -2.29. The Balaban J connectivity index is 2.08. The zero-order chi connectivity index (χ0) is 14.5. The number of carbonyl (C=O) groups excluding carboxylic acids is 1. The van der Waals surface area contributed by atoms with Gasteiger partial charge < -0.3 is 5.32 Å². The van der Waals surface area contributed by atoms with E-state index in [1.807, 2.05) is 36.4 Å². The molecule has 0 fully saturated rings. The number of benzene rings is 2. The highest BCUT2D eigenvalue weighted by Crippen LogP contribution is 2.21. The molecule has 106 valence electrons. The standard InChI is InChI=1S/C16H17Br2NO/c1-2-3-15(18)10-19-16(20)13-5-4-12-9-14(17)7-6-11(12)8-13/h4-9,15H,2-3,10H2,1H3,(H,19,20). The van der Waals surface area contributed by atoms with Crippen LogP contribution in [0, 0.1) is 0 Å². The van der Waals surface area contributed by atoms with Crippen LogP contribution >= 0.6 is 31.9 Å². The number of amides is 1. The largest absolute Gasteiger partial charge is 0.351 e. The molecule has 0 saturated carbocycles. The lowest BCUT2D eigenvalue weighted by molar-refractivity contribution is 0.0954. The highest BCUT2D eigenvalue weighted by molar-refractivity contribution is 9.10. The van der Waals surface area contributed by atoms with E-state index in [9.17, 15) is 4.79 Å². The summed E-state index contributed by atoms with van der Waals surface area (Å²) in [6.07, 6.45) is 2.17. The van der Waals surface area contributed by atoms with Crippen LogP contribution in [-0.2, 0) is 0 Å². The molecule has 2 aromatic carbocycles. The second-order valence-electron chi connectivity index (χ2n) is 4.80. The molecule has 0 aliphatic rings. The molecule has 1 unspecified atom stereocenters. The van der Waals surface area contributed by atoms with Crippen LogP contribution in [0.5, 0.6) is 0 Å².